The van der Waals surface area contributed by atoms with Crippen LogP contribution in [0.3, 0.4) is 0 Å². The molecule has 2 unspecified atom stereocenters. The molecule has 17 heavy (non-hydrogen) atoms. The summed E-state index contributed by atoms with van der Waals surface area (Å²) >= 11 is 11.1. The molecule has 0 radical (unpaired) electrons. The molecular formula is C11H17BrCl2N2S. The predicted molar refractivity (Wildman–Crippen MR) is 81.3 cm³/mol. The Hall–Kier alpha value is 0.680. The highest BCUT2D eigenvalue weighted by Gasteiger charge is 2.23. The van der Waals surface area contributed by atoms with Crippen LogP contribution in [0, 0.1) is 5.92 Å². The summed E-state index contributed by atoms with van der Waals surface area (Å²) in [6.07, 6.45) is 1.10. The van der Waals surface area contributed by atoms with Gasteiger partial charge in [0.25, 0.3) is 0 Å². The van der Waals surface area contributed by atoms with E-state index in [1.54, 1.807) is 11.3 Å². The molecule has 2 heterocycles. The van der Waals surface area contributed by atoms with Crippen LogP contribution >= 0.6 is 51.3 Å². The fourth-order valence-electron chi connectivity index (χ4n) is 2.08. The Labute approximate surface area is 126 Å². The molecule has 0 bridgehead atoms. The molecule has 1 fully saturated rings. The van der Waals surface area contributed by atoms with Gasteiger partial charge in [-0.15, -0.1) is 23.7 Å². The standard InChI is InChI=1S/C11H16BrClN2S.ClH/c1-7-5-15(3-2-10(7)14)6-8-4-9(12)11(13)16-8;/h4,7,10H,2-3,5-6,14H2,1H3;1H. The second kappa shape index (κ2) is 6.73. The molecule has 2 nitrogen and oxygen atoms in total. The van der Waals surface area contributed by atoms with Gasteiger partial charge in [0.2, 0.25) is 0 Å². The number of nitrogens with two attached hydrogens (primary N) is 1. The smallest absolute Gasteiger partial charge is 0.107 e. The monoisotopic (exact) mass is 358 g/mol. The van der Waals surface area contributed by atoms with Gasteiger partial charge in [-0.1, -0.05) is 18.5 Å². The number of hydrogen-bond acceptors (Lipinski definition) is 3. The van der Waals surface area contributed by atoms with Gasteiger partial charge < -0.3 is 5.73 Å². The summed E-state index contributed by atoms with van der Waals surface area (Å²) in [4.78, 5) is 3.78. The van der Waals surface area contributed by atoms with Crippen molar-refractivity contribution in [3.63, 3.8) is 0 Å². The summed E-state index contributed by atoms with van der Waals surface area (Å²) in [6.45, 7) is 5.41. The molecule has 1 aromatic heterocycles. The van der Waals surface area contributed by atoms with E-state index in [4.69, 9.17) is 17.3 Å². The molecule has 1 aliphatic rings. The summed E-state index contributed by atoms with van der Waals surface area (Å²) in [5.74, 6) is 0.590. The average Bonchev–Trinajstić information content (AvgIpc) is 2.52. The molecule has 1 saturated heterocycles. The maximum absolute atomic E-state index is 6.03. The van der Waals surface area contributed by atoms with Crippen LogP contribution in [0.1, 0.15) is 18.2 Å². The SMILES string of the molecule is CC1CN(Cc2cc(Br)c(Cl)s2)CCC1N.Cl. The van der Waals surface area contributed by atoms with Crippen LogP contribution in [0.4, 0.5) is 0 Å². The molecule has 1 aliphatic heterocycles. The van der Waals surface area contributed by atoms with E-state index in [0.29, 0.717) is 12.0 Å². The first-order chi connectivity index (χ1) is 7.56. The van der Waals surface area contributed by atoms with Gasteiger partial charge in [-0.3, -0.25) is 4.90 Å². The average molecular weight is 360 g/mol. The van der Waals surface area contributed by atoms with E-state index in [0.717, 1.165) is 34.9 Å². The van der Waals surface area contributed by atoms with Gasteiger partial charge >= 0.3 is 0 Å². The number of rotatable bonds is 2. The Morgan fingerprint density at radius 2 is 2.35 bits per heavy atom. The summed E-state index contributed by atoms with van der Waals surface area (Å²) in [7, 11) is 0. The van der Waals surface area contributed by atoms with Gasteiger partial charge in [-0.05, 0) is 34.3 Å². The molecule has 0 aromatic carbocycles. The van der Waals surface area contributed by atoms with E-state index in [-0.39, 0.29) is 12.4 Å². The molecule has 0 spiro atoms. The van der Waals surface area contributed by atoms with Crippen molar-refractivity contribution in [2.75, 3.05) is 13.1 Å². The summed E-state index contributed by atoms with van der Waals surface area (Å²) in [5, 5.41) is 0. The van der Waals surface area contributed by atoms with Crippen molar-refractivity contribution >= 4 is 51.3 Å². The molecule has 98 valence electrons. The third-order valence-electron chi connectivity index (χ3n) is 3.13. The number of thiophene rings is 1. The Bertz CT molecular complexity index is 353. The van der Waals surface area contributed by atoms with Crippen molar-refractivity contribution in [3.05, 3.63) is 19.8 Å². The minimum Gasteiger partial charge on any atom is -0.327 e. The fraction of sp³-hybridized carbons (Fsp3) is 0.636. The van der Waals surface area contributed by atoms with Crippen LogP contribution < -0.4 is 5.73 Å². The molecule has 2 N–H and O–H groups in total. The van der Waals surface area contributed by atoms with Gasteiger partial charge in [-0.25, -0.2) is 0 Å². The van der Waals surface area contributed by atoms with Crippen LogP contribution in [-0.2, 0) is 6.54 Å². The van der Waals surface area contributed by atoms with Gasteiger partial charge in [-0.2, -0.15) is 0 Å². The Balaban J connectivity index is 0.00000144. The fourth-order valence-corrected chi connectivity index (χ4v) is 3.92. The van der Waals surface area contributed by atoms with Crippen LogP contribution in [0.15, 0.2) is 10.5 Å². The Morgan fingerprint density at radius 1 is 1.65 bits per heavy atom. The van der Waals surface area contributed by atoms with Gasteiger partial charge in [0, 0.05) is 35.0 Å². The first-order valence-corrected chi connectivity index (χ1v) is 7.46. The van der Waals surface area contributed by atoms with E-state index in [1.807, 2.05) is 0 Å². The van der Waals surface area contributed by atoms with E-state index in [9.17, 15) is 0 Å². The second-order valence-corrected chi connectivity index (χ2v) is 7.09. The quantitative estimate of drug-likeness (QED) is 0.871. The highest BCUT2D eigenvalue weighted by Crippen LogP contribution is 2.33. The Morgan fingerprint density at radius 3 is 2.88 bits per heavy atom. The normalized spacial score (nSPS) is 25.6. The number of hydrogen-bond donors (Lipinski definition) is 1. The Kier molecular flexibility index (Phi) is 6.23. The van der Waals surface area contributed by atoms with Crippen LogP contribution in [0.5, 0.6) is 0 Å². The van der Waals surface area contributed by atoms with Crippen molar-refractivity contribution in [2.45, 2.75) is 25.9 Å². The molecule has 2 rings (SSSR count). The number of halogens is 3. The molecule has 0 amide bonds. The van der Waals surface area contributed by atoms with Crippen molar-refractivity contribution in [1.29, 1.82) is 0 Å². The minimum absolute atomic E-state index is 0. The number of nitrogens with zero attached hydrogens (tertiary/aromatic N) is 1. The zero-order chi connectivity index (χ0) is 11.7. The summed E-state index contributed by atoms with van der Waals surface area (Å²) in [6, 6.07) is 2.49. The molecule has 1 aromatic rings. The van der Waals surface area contributed by atoms with Crippen molar-refractivity contribution in [1.82, 2.24) is 4.90 Å². The lowest BCUT2D eigenvalue weighted by Gasteiger charge is -2.34. The highest BCUT2D eigenvalue weighted by atomic mass is 79.9. The summed E-state index contributed by atoms with van der Waals surface area (Å²) in [5.41, 5.74) is 6.01. The molecule has 2 atom stereocenters. The number of likely N-dealkylation sites (tertiary alicyclic amines) is 1. The highest BCUT2D eigenvalue weighted by molar-refractivity contribution is 9.10. The lowest BCUT2D eigenvalue weighted by molar-refractivity contribution is 0.159. The first kappa shape index (κ1) is 15.7. The van der Waals surface area contributed by atoms with Gasteiger partial charge in [0.15, 0.2) is 0 Å². The topological polar surface area (TPSA) is 29.3 Å². The third-order valence-corrected chi connectivity index (χ3v) is 5.59. The summed E-state index contributed by atoms with van der Waals surface area (Å²) < 4.78 is 1.85. The lowest BCUT2D eigenvalue weighted by atomic mass is 9.95. The van der Waals surface area contributed by atoms with E-state index >= 15 is 0 Å². The van der Waals surface area contributed by atoms with Crippen molar-refractivity contribution < 1.29 is 0 Å². The first-order valence-electron chi connectivity index (χ1n) is 5.48. The maximum Gasteiger partial charge on any atom is 0.107 e. The van der Waals surface area contributed by atoms with E-state index in [1.165, 1.54) is 4.88 Å². The predicted octanol–water partition coefficient (Wildman–Crippen LogP) is 3.75. The molecule has 0 saturated carbocycles. The lowest BCUT2D eigenvalue weighted by Crippen LogP contribution is -2.45. The second-order valence-electron chi connectivity index (χ2n) is 4.50. The van der Waals surface area contributed by atoms with Crippen LogP contribution in [-0.4, -0.2) is 24.0 Å². The zero-order valence-electron chi connectivity index (χ0n) is 9.66. The molecular weight excluding hydrogens is 343 g/mol. The minimum atomic E-state index is 0. The van der Waals surface area contributed by atoms with Gasteiger partial charge in [0.1, 0.15) is 4.34 Å². The zero-order valence-corrected chi connectivity index (χ0v) is 13.6. The number of piperidine rings is 1. The maximum atomic E-state index is 6.03. The van der Waals surface area contributed by atoms with Crippen LogP contribution in [0.25, 0.3) is 0 Å². The van der Waals surface area contributed by atoms with E-state index in [2.05, 4.69) is 33.8 Å². The molecule has 6 heteroatoms. The van der Waals surface area contributed by atoms with Crippen LogP contribution in [0.2, 0.25) is 4.34 Å². The van der Waals surface area contributed by atoms with Gasteiger partial charge in [0.05, 0.1) is 0 Å². The third kappa shape index (κ3) is 4.08. The van der Waals surface area contributed by atoms with E-state index < -0.39 is 0 Å². The van der Waals surface area contributed by atoms with Crippen molar-refractivity contribution in [3.8, 4) is 0 Å². The van der Waals surface area contributed by atoms with Crippen molar-refractivity contribution in [2.24, 2.45) is 11.7 Å². The largest absolute Gasteiger partial charge is 0.327 e. The molecule has 0 aliphatic carbocycles.